The van der Waals surface area contributed by atoms with Crippen molar-refractivity contribution in [2.24, 2.45) is 0 Å². The lowest BCUT2D eigenvalue weighted by atomic mass is 10.0. The maximum atomic E-state index is 11.2. The number of esters is 1. The third kappa shape index (κ3) is 2.82. The second-order valence-electron chi connectivity index (χ2n) is 3.34. The predicted octanol–water partition coefficient (Wildman–Crippen LogP) is 1.61. The van der Waals surface area contributed by atoms with Crippen LogP contribution in [-0.2, 0) is 16.0 Å². The summed E-state index contributed by atoms with van der Waals surface area (Å²) in [6.07, 6.45) is 0.0980. The summed E-state index contributed by atoms with van der Waals surface area (Å²) in [4.78, 5) is 22.4. The van der Waals surface area contributed by atoms with Gasteiger partial charge in [0.2, 0.25) is 0 Å². The zero-order chi connectivity index (χ0) is 12.1. The molecule has 0 amide bonds. The third-order valence-electron chi connectivity index (χ3n) is 2.25. The molecule has 4 nitrogen and oxygen atoms in total. The number of Topliss-reactive ketones (excluding diaryl/α,β-unsaturated/α-hetero) is 1. The first kappa shape index (κ1) is 12.2. The lowest BCUT2D eigenvalue weighted by molar-refractivity contribution is -0.139. The molecule has 0 heterocycles. The molecule has 0 aromatic heterocycles. The van der Waals surface area contributed by atoms with E-state index in [0.29, 0.717) is 16.9 Å². The Balaban J connectivity index is 3.06. The molecule has 0 fully saturated rings. The van der Waals surface area contributed by atoms with Gasteiger partial charge in [0, 0.05) is 11.1 Å². The first-order chi connectivity index (χ1) is 7.58. The maximum Gasteiger partial charge on any atom is 0.310 e. The normalized spacial score (nSPS) is 9.69. The fraction of sp³-hybridized carbons (Fsp3) is 0.333. The molecule has 0 atom stereocenters. The number of ketones is 1. The van der Waals surface area contributed by atoms with Gasteiger partial charge in [0.15, 0.2) is 5.78 Å². The van der Waals surface area contributed by atoms with Crippen LogP contribution in [0.25, 0.3) is 0 Å². The van der Waals surface area contributed by atoms with Crippen LogP contribution >= 0.6 is 0 Å². The van der Waals surface area contributed by atoms with E-state index in [1.807, 2.05) is 0 Å². The van der Waals surface area contributed by atoms with Crippen molar-refractivity contribution in [3.8, 4) is 5.75 Å². The van der Waals surface area contributed by atoms with Crippen LogP contribution in [0.1, 0.15) is 22.8 Å². The van der Waals surface area contributed by atoms with Gasteiger partial charge in [0.25, 0.3) is 0 Å². The summed E-state index contributed by atoms with van der Waals surface area (Å²) in [5, 5.41) is 0. The summed E-state index contributed by atoms with van der Waals surface area (Å²) >= 11 is 0. The average molecular weight is 222 g/mol. The summed E-state index contributed by atoms with van der Waals surface area (Å²) in [6.45, 7) is 1.48. The van der Waals surface area contributed by atoms with Crippen LogP contribution in [0.5, 0.6) is 5.75 Å². The largest absolute Gasteiger partial charge is 0.496 e. The van der Waals surface area contributed by atoms with Gasteiger partial charge in [-0.1, -0.05) is 0 Å². The van der Waals surface area contributed by atoms with Crippen LogP contribution in [0.2, 0.25) is 0 Å². The van der Waals surface area contributed by atoms with Gasteiger partial charge in [-0.3, -0.25) is 9.59 Å². The Morgan fingerprint density at radius 2 is 1.94 bits per heavy atom. The van der Waals surface area contributed by atoms with Crippen LogP contribution in [0.4, 0.5) is 0 Å². The molecule has 0 unspecified atom stereocenters. The topological polar surface area (TPSA) is 52.6 Å². The van der Waals surface area contributed by atoms with Gasteiger partial charge in [-0.25, -0.2) is 0 Å². The highest BCUT2D eigenvalue weighted by Crippen LogP contribution is 2.21. The molecular weight excluding hydrogens is 208 g/mol. The Kier molecular flexibility index (Phi) is 4.05. The smallest absolute Gasteiger partial charge is 0.310 e. The van der Waals surface area contributed by atoms with Crippen molar-refractivity contribution < 1.29 is 19.1 Å². The fourth-order valence-corrected chi connectivity index (χ4v) is 1.36. The number of methoxy groups -OCH3 is 2. The molecule has 0 aliphatic heterocycles. The number of carbonyl (C=O) groups is 2. The van der Waals surface area contributed by atoms with Crippen LogP contribution in [0, 0.1) is 0 Å². The first-order valence-corrected chi connectivity index (χ1v) is 4.83. The highest BCUT2D eigenvalue weighted by atomic mass is 16.5. The van der Waals surface area contributed by atoms with Gasteiger partial charge in [-0.15, -0.1) is 0 Å². The molecule has 0 spiro atoms. The standard InChI is InChI=1S/C12H14O4/c1-8(13)9-4-5-11(15-2)10(6-9)7-12(14)16-3/h4-6H,7H2,1-3H3. The molecule has 0 aliphatic carbocycles. The second-order valence-corrected chi connectivity index (χ2v) is 3.34. The minimum Gasteiger partial charge on any atom is -0.496 e. The molecule has 16 heavy (non-hydrogen) atoms. The van der Waals surface area contributed by atoms with Gasteiger partial charge < -0.3 is 9.47 Å². The summed E-state index contributed by atoms with van der Waals surface area (Å²) in [6, 6.07) is 5.00. The van der Waals surface area contributed by atoms with E-state index in [1.165, 1.54) is 21.1 Å². The van der Waals surface area contributed by atoms with E-state index in [4.69, 9.17) is 4.74 Å². The highest BCUT2D eigenvalue weighted by Gasteiger charge is 2.11. The average Bonchev–Trinajstić information content (AvgIpc) is 2.28. The molecule has 1 rings (SSSR count). The van der Waals surface area contributed by atoms with Crippen molar-refractivity contribution >= 4 is 11.8 Å². The maximum absolute atomic E-state index is 11.2. The molecule has 0 saturated heterocycles. The minimum atomic E-state index is -0.362. The summed E-state index contributed by atoms with van der Waals surface area (Å²) in [7, 11) is 2.84. The van der Waals surface area contributed by atoms with E-state index >= 15 is 0 Å². The van der Waals surface area contributed by atoms with Crippen LogP contribution < -0.4 is 4.74 Å². The lowest BCUT2D eigenvalue weighted by Gasteiger charge is -2.08. The Labute approximate surface area is 94.2 Å². The number of hydrogen-bond acceptors (Lipinski definition) is 4. The van der Waals surface area contributed by atoms with Crippen molar-refractivity contribution in [3.05, 3.63) is 29.3 Å². The summed E-state index contributed by atoms with van der Waals surface area (Å²) in [5.41, 5.74) is 1.21. The first-order valence-electron chi connectivity index (χ1n) is 4.83. The monoisotopic (exact) mass is 222 g/mol. The Morgan fingerprint density at radius 1 is 1.25 bits per heavy atom. The number of rotatable bonds is 4. The van der Waals surface area contributed by atoms with E-state index in [0.717, 1.165) is 0 Å². The van der Waals surface area contributed by atoms with Crippen molar-refractivity contribution in [1.82, 2.24) is 0 Å². The second kappa shape index (κ2) is 5.30. The van der Waals surface area contributed by atoms with Gasteiger partial charge in [-0.05, 0) is 25.1 Å². The van der Waals surface area contributed by atoms with Crippen molar-refractivity contribution in [3.63, 3.8) is 0 Å². The van der Waals surface area contributed by atoms with Crippen LogP contribution in [0.3, 0.4) is 0 Å². The molecule has 1 aromatic rings. The number of carbonyl (C=O) groups excluding carboxylic acids is 2. The number of ether oxygens (including phenoxy) is 2. The lowest BCUT2D eigenvalue weighted by Crippen LogP contribution is -2.07. The van der Waals surface area contributed by atoms with E-state index in [1.54, 1.807) is 18.2 Å². The zero-order valence-corrected chi connectivity index (χ0v) is 9.57. The Bertz CT molecular complexity index is 409. The highest BCUT2D eigenvalue weighted by molar-refractivity contribution is 5.94. The molecule has 0 aliphatic rings. The SMILES string of the molecule is COC(=O)Cc1cc(C(C)=O)ccc1OC. The summed E-state index contributed by atoms with van der Waals surface area (Å²) in [5.74, 6) is 0.170. The van der Waals surface area contributed by atoms with E-state index in [-0.39, 0.29) is 18.2 Å². The van der Waals surface area contributed by atoms with Crippen LogP contribution in [0.15, 0.2) is 18.2 Å². The summed E-state index contributed by atoms with van der Waals surface area (Å²) < 4.78 is 9.68. The van der Waals surface area contributed by atoms with Crippen molar-refractivity contribution in [2.45, 2.75) is 13.3 Å². The van der Waals surface area contributed by atoms with Crippen molar-refractivity contribution in [2.75, 3.05) is 14.2 Å². The van der Waals surface area contributed by atoms with E-state index in [2.05, 4.69) is 4.74 Å². The van der Waals surface area contributed by atoms with Gasteiger partial charge in [0.05, 0.1) is 20.6 Å². The fourth-order valence-electron chi connectivity index (χ4n) is 1.36. The number of benzene rings is 1. The molecular formula is C12H14O4. The number of hydrogen-bond donors (Lipinski definition) is 0. The Morgan fingerprint density at radius 3 is 2.44 bits per heavy atom. The molecule has 1 aromatic carbocycles. The molecule has 0 N–H and O–H groups in total. The zero-order valence-electron chi connectivity index (χ0n) is 9.57. The quantitative estimate of drug-likeness (QED) is 0.573. The van der Waals surface area contributed by atoms with E-state index < -0.39 is 0 Å². The van der Waals surface area contributed by atoms with Gasteiger partial charge >= 0.3 is 5.97 Å². The predicted molar refractivity (Wildman–Crippen MR) is 58.7 cm³/mol. The molecule has 0 radical (unpaired) electrons. The van der Waals surface area contributed by atoms with Crippen molar-refractivity contribution in [1.29, 1.82) is 0 Å². The minimum absolute atomic E-state index is 0.0474. The van der Waals surface area contributed by atoms with Gasteiger partial charge in [0.1, 0.15) is 5.75 Å². The Hall–Kier alpha value is -1.84. The van der Waals surface area contributed by atoms with Gasteiger partial charge in [-0.2, -0.15) is 0 Å². The molecule has 0 saturated carbocycles. The third-order valence-corrected chi connectivity index (χ3v) is 2.25. The van der Waals surface area contributed by atoms with Crippen LogP contribution in [-0.4, -0.2) is 26.0 Å². The molecule has 4 heteroatoms. The molecule has 0 bridgehead atoms. The molecule has 86 valence electrons. The van der Waals surface area contributed by atoms with E-state index in [9.17, 15) is 9.59 Å².